The lowest BCUT2D eigenvalue weighted by Gasteiger charge is -2.31. The number of methoxy groups -OCH3 is 2. The van der Waals surface area contributed by atoms with E-state index >= 15 is 0 Å². The van der Waals surface area contributed by atoms with Crippen LogP contribution >= 0.6 is 22.7 Å². The molecule has 2 amide bonds. The summed E-state index contributed by atoms with van der Waals surface area (Å²) >= 11 is 3.06. The van der Waals surface area contributed by atoms with Gasteiger partial charge in [0, 0.05) is 21.4 Å². The Kier molecular flexibility index (Phi) is 7.67. The lowest BCUT2D eigenvalue weighted by atomic mass is 10.1. The molecule has 2 aromatic heterocycles. The van der Waals surface area contributed by atoms with Gasteiger partial charge < -0.3 is 19.7 Å². The minimum atomic E-state index is -0.715. The number of ether oxygens (including phenoxy) is 2. The second kappa shape index (κ2) is 10.9. The Morgan fingerprint density at radius 2 is 1.76 bits per heavy atom. The van der Waals surface area contributed by atoms with Crippen LogP contribution in [0.15, 0.2) is 53.2 Å². The summed E-state index contributed by atoms with van der Waals surface area (Å²) < 4.78 is 10.7. The first-order valence-electron chi connectivity index (χ1n) is 11.0. The molecule has 1 fully saturated rings. The number of thiophene rings is 2. The molecule has 6 nitrogen and oxygen atoms in total. The molecule has 0 aliphatic heterocycles. The normalized spacial score (nSPS) is 14.6. The van der Waals surface area contributed by atoms with E-state index in [1.807, 2.05) is 35.0 Å². The maximum Gasteiger partial charge on any atom is 0.255 e. The summed E-state index contributed by atoms with van der Waals surface area (Å²) in [4.78, 5) is 31.0. The molecule has 1 saturated carbocycles. The fourth-order valence-electron chi connectivity index (χ4n) is 4.21. The summed E-state index contributed by atoms with van der Waals surface area (Å²) in [6.45, 7) is 0.339. The fourth-order valence-corrected chi connectivity index (χ4v) is 5.74. The van der Waals surface area contributed by atoms with Crippen molar-refractivity contribution in [1.29, 1.82) is 0 Å². The van der Waals surface area contributed by atoms with E-state index < -0.39 is 6.04 Å². The minimum absolute atomic E-state index is 0.130. The van der Waals surface area contributed by atoms with Gasteiger partial charge in [-0.05, 0) is 53.9 Å². The molecule has 3 aromatic rings. The third-order valence-corrected chi connectivity index (χ3v) is 7.66. The van der Waals surface area contributed by atoms with Gasteiger partial charge in [-0.3, -0.25) is 9.59 Å². The second-order valence-corrected chi connectivity index (χ2v) is 10.0. The molecule has 1 aliphatic carbocycles. The Hall–Kier alpha value is -2.84. The van der Waals surface area contributed by atoms with Gasteiger partial charge in [-0.2, -0.15) is 0 Å². The first-order chi connectivity index (χ1) is 16.1. The Morgan fingerprint density at radius 1 is 1.03 bits per heavy atom. The molecule has 1 N–H and O–H groups in total. The van der Waals surface area contributed by atoms with Crippen molar-refractivity contribution >= 4 is 34.5 Å². The molecule has 0 unspecified atom stereocenters. The van der Waals surface area contributed by atoms with E-state index in [9.17, 15) is 9.59 Å². The Labute approximate surface area is 202 Å². The van der Waals surface area contributed by atoms with E-state index in [0.29, 0.717) is 23.6 Å². The molecule has 2 heterocycles. The molecule has 0 radical (unpaired) electrons. The predicted octanol–water partition coefficient (Wildman–Crippen LogP) is 5.27. The molecule has 1 aromatic carbocycles. The number of carbonyl (C=O) groups is 2. The van der Waals surface area contributed by atoms with Crippen molar-refractivity contribution in [2.45, 2.75) is 44.3 Å². The number of benzene rings is 1. The zero-order chi connectivity index (χ0) is 23.2. The molecule has 8 heteroatoms. The van der Waals surface area contributed by atoms with Crippen molar-refractivity contribution in [2.24, 2.45) is 0 Å². The molecule has 0 bridgehead atoms. The highest BCUT2D eigenvalue weighted by Crippen LogP contribution is 2.33. The Morgan fingerprint density at radius 3 is 2.39 bits per heavy atom. The summed E-state index contributed by atoms with van der Waals surface area (Å²) in [5.41, 5.74) is 0.444. The zero-order valence-electron chi connectivity index (χ0n) is 18.8. The highest BCUT2D eigenvalue weighted by molar-refractivity contribution is 7.10. The third kappa shape index (κ3) is 5.39. The Bertz CT molecular complexity index is 1060. The number of nitrogens with one attached hydrogen (secondary N) is 1. The van der Waals surface area contributed by atoms with Crippen LogP contribution in [0.5, 0.6) is 11.5 Å². The Balaban J connectivity index is 1.71. The van der Waals surface area contributed by atoms with Crippen molar-refractivity contribution < 1.29 is 19.1 Å². The van der Waals surface area contributed by atoms with Gasteiger partial charge >= 0.3 is 0 Å². The van der Waals surface area contributed by atoms with Gasteiger partial charge in [-0.25, -0.2) is 0 Å². The van der Waals surface area contributed by atoms with Crippen LogP contribution in [0.3, 0.4) is 0 Å². The maximum absolute atomic E-state index is 13.9. The van der Waals surface area contributed by atoms with Crippen LogP contribution in [-0.2, 0) is 11.3 Å². The fraction of sp³-hybridized carbons (Fsp3) is 0.360. The summed E-state index contributed by atoms with van der Waals surface area (Å²) in [6.07, 6.45) is 4.21. The molecule has 1 aliphatic rings. The van der Waals surface area contributed by atoms with Crippen LogP contribution in [0.25, 0.3) is 0 Å². The summed E-state index contributed by atoms with van der Waals surface area (Å²) in [7, 11) is 3.10. The summed E-state index contributed by atoms with van der Waals surface area (Å²) in [5, 5.41) is 7.13. The van der Waals surface area contributed by atoms with Crippen LogP contribution in [0.4, 0.5) is 0 Å². The van der Waals surface area contributed by atoms with Crippen molar-refractivity contribution in [3.63, 3.8) is 0 Å². The average molecular weight is 485 g/mol. The van der Waals surface area contributed by atoms with Crippen LogP contribution in [0.2, 0.25) is 0 Å². The van der Waals surface area contributed by atoms with E-state index in [1.165, 1.54) is 11.3 Å². The van der Waals surface area contributed by atoms with Crippen molar-refractivity contribution in [3.05, 3.63) is 68.5 Å². The lowest BCUT2D eigenvalue weighted by molar-refractivity contribution is -0.126. The van der Waals surface area contributed by atoms with Gasteiger partial charge in [-0.15, -0.1) is 22.7 Å². The highest BCUT2D eigenvalue weighted by atomic mass is 32.1. The topological polar surface area (TPSA) is 67.9 Å². The van der Waals surface area contributed by atoms with Crippen molar-refractivity contribution in [3.8, 4) is 11.5 Å². The zero-order valence-corrected chi connectivity index (χ0v) is 20.4. The second-order valence-electron chi connectivity index (χ2n) is 7.99. The third-order valence-electron chi connectivity index (χ3n) is 5.87. The smallest absolute Gasteiger partial charge is 0.255 e. The van der Waals surface area contributed by atoms with E-state index in [0.717, 1.165) is 35.4 Å². The number of nitrogens with zero attached hydrogens (tertiary/aromatic N) is 1. The van der Waals surface area contributed by atoms with Gasteiger partial charge in [0.15, 0.2) is 11.5 Å². The molecule has 0 saturated heterocycles. The maximum atomic E-state index is 13.9. The number of hydrogen-bond acceptors (Lipinski definition) is 6. The summed E-state index contributed by atoms with van der Waals surface area (Å²) in [6, 6.07) is 12.3. The first-order valence-corrected chi connectivity index (χ1v) is 12.8. The van der Waals surface area contributed by atoms with Crippen LogP contribution in [0, 0.1) is 0 Å². The predicted molar refractivity (Wildman–Crippen MR) is 131 cm³/mol. The van der Waals surface area contributed by atoms with Gasteiger partial charge in [0.2, 0.25) is 5.91 Å². The van der Waals surface area contributed by atoms with Gasteiger partial charge in [0.1, 0.15) is 6.04 Å². The minimum Gasteiger partial charge on any atom is -0.493 e. The van der Waals surface area contributed by atoms with E-state index in [-0.39, 0.29) is 17.9 Å². The standard InChI is InChI=1S/C25H28N2O4S2/c1-30-20-12-11-17(15-21(20)31-2)25(29)27(16-19-9-5-13-32-19)23(22-10-6-14-33-22)24(28)26-18-7-3-4-8-18/h5-6,9-15,18,23H,3-4,7-8,16H2,1-2H3,(H,26,28)/t23-/m1/s1. The van der Waals surface area contributed by atoms with Crippen LogP contribution in [0.1, 0.15) is 51.8 Å². The van der Waals surface area contributed by atoms with E-state index in [2.05, 4.69) is 5.32 Å². The average Bonchev–Trinajstić information content (AvgIpc) is 3.62. The molecule has 1 atom stereocenters. The number of rotatable bonds is 9. The molecule has 4 rings (SSSR count). The summed E-state index contributed by atoms with van der Waals surface area (Å²) in [5.74, 6) is 0.661. The molecular weight excluding hydrogens is 456 g/mol. The van der Waals surface area contributed by atoms with Crippen LogP contribution in [-0.4, -0.2) is 37.0 Å². The van der Waals surface area contributed by atoms with Gasteiger partial charge in [-0.1, -0.05) is 25.0 Å². The number of hydrogen-bond donors (Lipinski definition) is 1. The molecule has 33 heavy (non-hydrogen) atoms. The molecule has 0 spiro atoms. The number of amides is 2. The quantitative estimate of drug-likeness (QED) is 0.449. The molecule has 174 valence electrons. The van der Waals surface area contributed by atoms with Gasteiger partial charge in [0.05, 0.1) is 20.8 Å². The van der Waals surface area contributed by atoms with E-state index in [1.54, 1.807) is 48.7 Å². The lowest BCUT2D eigenvalue weighted by Crippen LogP contribution is -2.45. The van der Waals surface area contributed by atoms with Gasteiger partial charge in [0.25, 0.3) is 5.91 Å². The largest absolute Gasteiger partial charge is 0.493 e. The first kappa shape index (κ1) is 23.3. The van der Waals surface area contributed by atoms with Crippen molar-refractivity contribution in [2.75, 3.05) is 14.2 Å². The molecular formula is C25H28N2O4S2. The SMILES string of the molecule is COc1ccc(C(=O)N(Cc2cccs2)[C@@H](C(=O)NC2CCCC2)c2cccs2)cc1OC. The van der Waals surface area contributed by atoms with E-state index in [4.69, 9.17) is 9.47 Å². The van der Waals surface area contributed by atoms with Crippen LogP contribution < -0.4 is 14.8 Å². The number of carbonyl (C=O) groups excluding carboxylic acids is 2. The monoisotopic (exact) mass is 484 g/mol. The van der Waals surface area contributed by atoms with Crippen molar-refractivity contribution in [1.82, 2.24) is 10.2 Å². The highest BCUT2D eigenvalue weighted by Gasteiger charge is 2.35.